The van der Waals surface area contributed by atoms with E-state index in [0.717, 1.165) is 0 Å². The largest absolute Gasteiger partial charge is 0.497 e. The Balaban J connectivity index is 1.64. The molecule has 0 fully saturated rings. The van der Waals surface area contributed by atoms with Gasteiger partial charge in [0.05, 0.1) is 31.0 Å². The van der Waals surface area contributed by atoms with Gasteiger partial charge >= 0.3 is 18.0 Å². The summed E-state index contributed by atoms with van der Waals surface area (Å²) in [5.74, 6) is -0.847. The van der Waals surface area contributed by atoms with E-state index in [4.69, 9.17) is 18.9 Å². The molecule has 2 aromatic rings. The van der Waals surface area contributed by atoms with Crippen molar-refractivity contribution < 1.29 is 38.1 Å². The molecule has 3 N–H and O–H groups in total. The number of carbonyl (C=O) groups is 4. The van der Waals surface area contributed by atoms with Gasteiger partial charge in [0.25, 0.3) is 5.91 Å². The van der Waals surface area contributed by atoms with Crippen LogP contribution in [0.25, 0.3) is 0 Å². The lowest BCUT2D eigenvalue weighted by atomic mass is 9.95. The summed E-state index contributed by atoms with van der Waals surface area (Å²) in [6, 6.07) is 14.1. The summed E-state index contributed by atoms with van der Waals surface area (Å²) in [5, 5.41) is 7.58. The Morgan fingerprint density at radius 1 is 0.972 bits per heavy atom. The summed E-state index contributed by atoms with van der Waals surface area (Å²) in [4.78, 5) is 49.2. The number of para-hydroxylation sites is 1. The fourth-order valence-corrected chi connectivity index (χ4v) is 3.32. The normalized spacial score (nSPS) is 14.7. The molecule has 0 aliphatic carbocycles. The molecule has 0 aromatic heterocycles. The summed E-state index contributed by atoms with van der Waals surface area (Å²) in [6.45, 7) is 0.645. The Kier molecular flexibility index (Phi) is 9.26. The number of nitrogens with one attached hydrogen (secondary N) is 3. The number of hydrogen-bond donors (Lipinski definition) is 3. The molecule has 1 aliphatic heterocycles. The number of carbonyl (C=O) groups excluding carboxylic acids is 4. The van der Waals surface area contributed by atoms with E-state index in [9.17, 15) is 19.2 Å². The second kappa shape index (κ2) is 12.8. The summed E-state index contributed by atoms with van der Waals surface area (Å²) in [6.07, 6.45) is 0. The van der Waals surface area contributed by atoms with Gasteiger partial charge in [-0.3, -0.25) is 9.59 Å². The summed E-state index contributed by atoms with van der Waals surface area (Å²) in [5.41, 5.74) is 0.767. The van der Waals surface area contributed by atoms with Gasteiger partial charge in [-0.05, 0) is 36.8 Å². The number of urea groups is 1. The van der Waals surface area contributed by atoms with Crippen LogP contribution in [0.1, 0.15) is 18.5 Å². The molecule has 11 heteroatoms. The first kappa shape index (κ1) is 26.1. The highest BCUT2D eigenvalue weighted by Crippen LogP contribution is 2.29. The van der Waals surface area contributed by atoms with E-state index in [1.165, 1.54) is 7.11 Å². The van der Waals surface area contributed by atoms with E-state index < -0.39 is 43.1 Å². The van der Waals surface area contributed by atoms with Crippen LogP contribution in [0.3, 0.4) is 0 Å². The smallest absolute Gasteiger partial charge is 0.338 e. The van der Waals surface area contributed by atoms with Gasteiger partial charge in [-0.25, -0.2) is 9.59 Å². The third-order valence-corrected chi connectivity index (χ3v) is 5.02. The Morgan fingerprint density at radius 2 is 1.69 bits per heavy atom. The Bertz CT molecular complexity index is 1120. The highest BCUT2D eigenvalue weighted by Gasteiger charge is 2.34. The molecule has 1 unspecified atom stereocenters. The van der Waals surface area contributed by atoms with Crippen molar-refractivity contribution in [2.45, 2.75) is 13.0 Å². The summed E-state index contributed by atoms with van der Waals surface area (Å²) < 4.78 is 20.8. The zero-order chi connectivity index (χ0) is 25.9. The molecule has 2 aromatic carbocycles. The molecule has 190 valence electrons. The highest BCUT2D eigenvalue weighted by atomic mass is 16.5. The molecule has 3 amide bonds. The number of rotatable bonds is 11. The summed E-state index contributed by atoms with van der Waals surface area (Å²) >= 11 is 0. The number of benzene rings is 2. The number of amides is 3. The minimum atomic E-state index is -0.841. The number of ether oxygens (including phenoxy) is 4. The highest BCUT2D eigenvalue weighted by molar-refractivity contribution is 5.95. The van der Waals surface area contributed by atoms with E-state index in [1.807, 2.05) is 6.07 Å². The third-order valence-electron chi connectivity index (χ3n) is 5.02. The molecular weight excluding hydrogens is 470 g/mol. The molecule has 0 spiro atoms. The molecule has 1 aliphatic rings. The van der Waals surface area contributed by atoms with Crippen molar-refractivity contribution in [2.75, 3.05) is 33.5 Å². The fraction of sp³-hybridized carbons (Fsp3) is 0.280. The molecule has 1 heterocycles. The molecule has 0 bridgehead atoms. The van der Waals surface area contributed by atoms with Gasteiger partial charge in [0.1, 0.15) is 24.7 Å². The van der Waals surface area contributed by atoms with Gasteiger partial charge in [0.15, 0.2) is 6.61 Å². The van der Waals surface area contributed by atoms with Crippen LogP contribution >= 0.6 is 0 Å². The fourth-order valence-electron chi connectivity index (χ4n) is 3.32. The van der Waals surface area contributed by atoms with Crippen LogP contribution in [0.2, 0.25) is 0 Å². The van der Waals surface area contributed by atoms with Gasteiger partial charge in [0, 0.05) is 0 Å². The first-order chi connectivity index (χ1) is 17.4. The van der Waals surface area contributed by atoms with Crippen molar-refractivity contribution in [3.8, 4) is 11.5 Å². The average molecular weight is 498 g/mol. The molecule has 36 heavy (non-hydrogen) atoms. The van der Waals surface area contributed by atoms with Crippen molar-refractivity contribution >= 4 is 23.9 Å². The maximum Gasteiger partial charge on any atom is 0.338 e. The predicted octanol–water partition coefficient (Wildman–Crippen LogP) is 1.60. The van der Waals surface area contributed by atoms with Crippen LogP contribution in [-0.4, -0.2) is 57.4 Å². The molecule has 0 saturated heterocycles. The zero-order valence-corrected chi connectivity index (χ0v) is 19.9. The van der Waals surface area contributed by atoms with Crippen molar-refractivity contribution in [1.82, 2.24) is 16.0 Å². The monoisotopic (exact) mass is 497 g/mol. The number of esters is 2. The maximum absolute atomic E-state index is 12.8. The molecule has 1 atom stereocenters. The second-order valence-electron chi connectivity index (χ2n) is 7.46. The van der Waals surface area contributed by atoms with E-state index in [1.54, 1.807) is 55.5 Å². The lowest BCUT2D eigenvalue weighted by molar-refractivity contribution is -0.144. The van der Waals surface area contributed by atoms with E-state index in [-0.39, 0.29) is 24.5 Å². The molecular formula is C25H27N3O8. The Morgan fingerprint density at radius 3 is 2.36 bits per heavy atom. The minimum Gasteiger partial charge on any atom is -0.497 e. The maximum atomic E-state index is 12.8. The first-order valence-corrected chi connectivity index (χ1v) is 11.1. The van der Waals surface area contributed by atoms with Gasteiger partial charge < -0.3 is 34.9 Å². The molecule has 11 nitrogen and oxygen atoms in total. The Hall–Kier alpha value is -4.54. The van der Waals surface area contributed by atoms with Gasteiger partial charge in [0.2, 0.25) is 0 Å². The van der Waals surface area contributed by atoms with Gasteiger partial charge in [-0.1, -0.05) is 30.3 Å². The summed E-state index contributed by atoms with van der Waals surface area (Å²) in [7, 11) is 1.52. The van der Waals surface area contributed by atoms with E-state index in [0.29, 0.717) is 17.1 Å². The van der Waals surface area contributed by atoms with Crippen LogP contribution < -0.4 is 25.4 Å². The molecule has 0 saturated carbocycles. The average Bonchev–Trinajstić information content (AvgIpc) is 2.89. The first-order valence-electron chi connectivity index (χ1n) is 11.1. The lowest BCUT2D eigenvalue weighted by Gasteiger charge is -2.29. The number of hydrogen-bond acceptors (Lipinski definition) is 8. The predicted molar refractivity (Wildman–Crippen MR) is 127 cm³/mol. The third kappa shape index (κ3) is 7.23. The van der Waals surface area contributed by atoms with Crippen molar-refractivity contribution in [2.24, 2.45) is 0 Å². The SMILES string of the molecule is CCOC(=O)C1=C(COC(=O)CNC(=O)COc2ccccc2)NC(=O)NC1c1ccc(OC)cc1. The van der Waals surface area contributed by atoms with Crippen molar-refractivity contribution in [1.29, 1.82) is 0 Å². The minimum absolute atomic E-state index is 0.0742. The number of methoxy groups -OCH3 is 1. The van der Waals surface area contributed by atoms with E-state index in [2.05, 4.69) is 16.0 Å². The van der Waals surface area contributed by atoms with E-state index >= 15 is 0 Å². The van der Waals surface area contributed by atoms with Crippen LogP contribution in [0, 0.1) is 0 Å². The van der Waals surface area contributed by atoms with Crippen molar-refractivity contribution in [3.05, 3.63) is 71.4 Å². The van der Waals surface area contributed by atoms with Crippen molar-refractivity contribution in [3.63, 3.8) is 0 Å². The lowest BCUT2D eigenvalue weighted by Crippen LogP contribution is -2.47. The quantitative estimate of drug-likeness (QED) is 0.398. The standard InChI is InChI=1S/C25H27N3O8/c1-3-34-24(31)22-19(27-25(32)28-23(22)16-9-11-17(33-2)12-10-16)14-36-21(30)13-26-20(29)15-35-18-7-5-4-6-8-18/h4-12,23H,3,13-15H2,1-2H3,(H,26,29)(H2,27,28,32). The second-order valence-corrected chi connectivity index (χ2v) is 7.46. The Labute approximate surface area is 207 Å². The van der Waals surface area contributed by atoms with Crippen LogP contribution in [0.15, 0.2) is 65.9 Å². The van der Waals surface area contributed by atoms with Crippen LogP contribution in [0.5, 0.6) is 11.5 Å². The van der Waals surface area contributed by atoms with Gasteiger partial charge in [-0.15, -0.1) is 0 Å². The topological polar surface area (TPSA) is 141 Å². The zero-order valence-electron chi connectivity index (χ0n) is 19.9. The van der Waals surface area contributed by atoms with Crippen LogP contribution in [-0.2, 0) is 23.9 Å². The van der Waals surface area contributed by atoms with Crippen LogP contribution in [0.4, 0.5) is 4.79 Å². The molecule has 3 rings (SSSR count). The molecule has 0 radical (unpaired) electrons. The van der Waals surface area contributed by atoms with Gasteiger partial charge in [-0.2, -0.15) is 0 Å².